The van der Waals surface area contributed by atoms with E-state index in [0.717, 1.165) is 11.4 Å². The van der Waals surface area contributed by atoms with E-state index < -0.39 is 0 Å². The van der Waals surface area contributed by atoms with E-state index in [0.29, 0.717) is 43.0 Å². The van der Waals surface area contributed by atoms with Gasteiger partial charge in [0.15, 0.2) is 0 Å². The van der Waals surface area contributed by atoms with E-state index in [4.69, 9.17) is 0 Å². The highest BCUT2D eigenvalue weighted by molar-refractivity contribution is 6.04. The topological polar surface area (TPSA) is 65.5 Å². The maximum absolute atomic E-state index is 13.1. The Labute approximate surface area is 180 Å². The lowest BCUT2D eigenvalue weighted by molar-refractivity contribution is 0.0746. The summed E-state index contributed by atoms with van der Waals surface area (Å²) in [5.41, 5.74) is 2.74. The molecule has 3 aromatic rings. The van der Waals surface area contributed by atoms with Crippen molar-refractivity contribution in [2.24, 2.45) is 0 Å². The minimum Gasteiger partial charge on any atom is -0.353 e. The van der Waals surface area contributed by atoms with Crippen molar-refractivity contribution in [3.63, 3.8) is 0 Å². The molecule has 1 aliphatic heterocycles. The van der Waals surface area contributed by atoms with E-state index in [1.807, 2.05) is 37.3 Å². The van der Waals surface area contributed by atoms with Gasteiger partial charge in [-0.3, -0.25) is 9.59 Å². The summed E-state index contributed by atoms with van der Waals surface area (Å²) in [6.07, 6.45) is 1.64. The number of aromatic nitrogens is 1. The summed E-state index contributed by atoms with van der Waals surface area (Å²) in [5, 5.41) is 2.86. The molecule has 0 radical (unpaired) electrons. The predicted molar refractivity (Wildman–Crippen MR) is 118 cm³/mol. The van der Waals surface area contributed by atoms with Gasteiger partial charge in [-0.25, -0.2) is 9.37 Å². The first kappa shape index (κ1) is 20.5. The van der Waals surface area contributed by atoms with Crippen molar-refractivity contribution < 1.29 is 14.0 Å². The Morgan fingerprint density at radius 1 is 0.935 bits per heavy atom. The first-order chi connectivity index (χ1) is 15.0. The van der Waals surface area contributed by atoms with Crippen molar-refractivity contribution in [2.45, 2.75) is 6.92 Å². The third-order valence-electron chi connectivity index (χ3n) is 5.27. The summed E-state index contributed by atoms with van der Waals surface area (Å²) in [6, 6.07) is 16.7. The molecule has 0 saturated carbocycles. The molecule has 7 heteroatoms. The van der Waals surface area contributed by atoms with Crippen LogP contribution in [0.25, 0.3) is 0 Å². The van der Waals surface area contributed by atoms with Crippen molar-refractivity contribution in [1.29, 1.82) is 0 Å². The molecule has 0 aliphatic carbocycles. The summed E-state index contributed by atoms with van der Waals surface area (Å²) in [6.45, 7) is 4.36. The number of aryl methyl sites for hydroxylation is 1. The second-order valence-electron chi connectivity index (χ2n) is 7.51. The number of benzene rings is 2. The highest BCUT2D eigenvalue weighted by Gasteiger charge is 2.23. The molecule has 0 atom stereocenters. The summed E-state index contributed by atoms with van der Waals surface area (Å²) < 4.78 is 13.1. The van der Waals surface area contributed by atoms with Gasteiger partial charge in [0.25, 0.3) is 11.8 Å². The number of amides is 2. The third-order valence-corrected chi connectivity index (χ3v) is 5.27. The van der Waals surface area contributed by atoms with Crippen LogP contribution in [0, 0.1) is 12.7 Å². The van der Waals surface area contributed by atoms with E-state index >= 15 is 0 Å². The lowest BCUT2D eigenvalue weighted by atomic mass is 10.1. The second-order valence-corrected chi connectivity index (χ2v) is 7.51. The Bertz CT molecular complexity index is 1080. The SMILES string of the molecule is Cc1cccc(C(=O)Nc2ccc(N3CCN(C(=O)c4ccc(F)cc4)CC3)nc2)c1. The summed E-state index contributed by atoms with van der Waals surface area (Å²) in [5.74, 6) is 0.168. The highest BCUT2D eigenvalue weighted by Crippen LogP contribution is 2.18. The van der Waals surface area contributed by atoms with Crippen LogP contribution in [0.3, 0.4) is 0 Å². The largest absolute Gasteiger partial charge is 0.353 e. The summed E-state index contributed by atoms with van der Waals surface area (Å²) in [7, 11) is 0. The molecule has 158 valence electrons. The normalized spacial score (nSPS) is 13.7. The van der Waals surface area contributed by atoms with E-state index in [9.17, 15) is 14.0 Å². The predicted octanol–water partition coefficient (Wildman–Crippen LogP) is 3.74. The van der Waals surface area contributed by atoms with Crippen LogP contribution < -0.4 is 10.2 Å². The molecule has 0 bridgehead atoms. The van der Waals surface area contributed by atoms with Gasteiger partial charge in [0.05, 0.1) is 11.9 Å². The number of piperazine rings is 1. The van der Waals surface area contributed by atoms with Gasteiger partial charge in [0, 0.05) is 37.3 Å². The molecule has 1 saturated heterocycles. The average molecular weight is 418 g/mol. The van der Waals surface area contributed by atoms with Crippen LogP contribution in [0.4, 0.5) is 15.9 Å². The number of rotatable bonds is 4. The Balaban J connectivity index is 1.33. The minimum absolute atomic E-state index is 0.0955. The fraction of sp³-hybridized carbons (Fsp3) is 0.208. The minimum atomic E-state index is -0.356. The van der Waals surface area contributed by atoms with Crippen LogP contribution in [0.2, 0.25) is 0 Å². The Hall–Kier alpha value is -3.74. The first-order valence-electron chi connectivity index (χ1n) is 10.1. The van der Waals surface area contributed by atoms with Crippen molar-refractivity contribution in [1.82, 2.24) is 9.88 Å². The zero-order valence-electron chi connectivity index (χ0n) is 17.2. The number of carbonyl (C=O) groups excluding carboxylic acids is 2. The Kier molecular flexibility index (Phi) is 5.93. The molecule has 1 aliphatic rings. The molecule has 1 N–H and O–H groups in total. The van der Waals surface area contributed by atoms with E-state index in [1.54, 1.807) is 17.2 Å². The van der Waals surface area contributed by atoms with Gasteiger partial charge >= 0.3 is 0 Å². The smallest absolute Gasteiger partial charge is 0.255 e. The lowest BCUT2D eigenvalue weighted by Gasteiger charge is -2.35. The van der Waals surface area contributed by atoms with Crippen molar-refractivity contribution in [2.75, 3.05) is 36.4 Å². The summed E-state index contributed by atoms with van der Waals surface area (Å²) >= 11 is 0. The van der Waals surface area contributed by atoms with Gasteiger partial charge < -0.3 is 15.1 Å². The Morgan fingerprint density at radius 2 is 1.68 bits per heavy atom. The van der Waals surface area contributed by atoms with Crippen molar-refractivity contribution >= 4 is 23.3 Å². The van der Waals surface area contributed by atoms with Gasteiger partial charge in [-0.15, -0.1) is 0 Å². The van der Waals surface area contributed by atoms with Gasteiger partial charge in [0.2, 0.25) is 0 Å². The molecule has 1 fully saturated rings. The van der Waals surface area contributed by atoms with Gasteiger partial charge in [-0.2, -0.15) is 0 Å². The molecule has 1 aromatic heterocycles. The number of pyridine rings is 1. The van der Waals surface area contributed by atoms with Crippen LogP contribution in [-0.4, -0.2) is 47.9 Å². The van der Waals surface area contributed by atoms with Crippen LogP contribution in [0.1, 0.15) is 26.3 Å². The van der Waals surface area contributed by atoms with E-state index in [2.05, 4.69) is 15.2 Å². The molecule has 0 unspecified atom stereocenters. The molecular weight excluding hydrogens is 395 g/mol. The van der Waals surface area contributed by atoms with Crippen LogP contribution in [0.15, 0.2) is 66.9 Å². The third kappa shape index (κ3) is 4.88. The fourth-order valence-electron chi connectivity index (χ4n) is 3.55. The van der Waals surface area contributed by atoms with E-state index in [-0.39, 0.29) is 17.6 Å². The van der Waals surface area contributed by atoms with E-state index in [1.165, 1.54) is 24.3 Å². The molecule has 31 heavy (non-hydrogen) atoms. The molecule has 6 nitrogen and oxygen atoms in total. The number of nitrogens with one attached hydrogen (secondary N) is 1. The van der Waals surface area contributed by atoms with Gasteiger partial charge in [0.1, 0.15) is 11.6 Å². The van der Waals surface area contributed by atoms with Gasteiger partial charge in [-0.1, -0.05) is 17.7 Å². The Morgan fingerprint density at radius 3 is 2.32 bits per heavy atom. The van der Waals surface area contributed by atoms with Crippen molar-refractivity contribution in [3.8, 4) is 0 Å². The first-order valence-corrected chi connectivity index (χ1v) is 10.1. The monoisotopic (exact) mass is 418 g/mol. The number of anilines is 2. The molecule has 4 rings (SSSR count). The number of hydrogen-bond acceptors (Lipinski definition) is 4. The fourth-order valence-corrected chi connectivity index (χ4v) is 3.55. The molecule has 2 amide bonds. The van der Waals surface area contributed by atoms with Crippen LogP contribution in [-0.2, 0) is 0 Å². The molecule has 0 spiro atoms. The zero-order chi connectivity index (χ0) is 21.8. The average Bonchev–Trinajstić information content (AvgIpc) is 2.80. The maximum Gasteiger partial charge on any atom is 0.255 e. The molecule has 2 heterocycles. The maximum atomic E-state index is 13.1. The van der Waals surface area contributed by atoms with Crippen molar-refractivity contribution in [3.05, 3.63) is 89.4 Å². The second kappa shape index (κ2) is 8.95. The number of nitrogens with zero attached hydrogens (tertiary/aromatic N) is 3. The molecule has 2 aromatic carbocycles. The van der Waals surface area contributed by atoms with Crippen LogP contribution >= 0.6 is 0 Å². The zero-order valence-corrected chi connectivity index (χ0v) is 17.2. The molecular formula is C24H23FN4O2. The van der Waals surface area contributed by atoms with Crippen LogP contribution in [0.5, 0.6) is 0 Å². The number of hydrogen-bond donors (Lipinski definition) is 1. The number of carbonyl (C=O) groups is 2. The number of halogens is 1. The lowest BCUT2D eigenvalue weighted by Crippen LogP contribution is -2.49. The standard InChI is InChI=1S/C24H23FN4O2/c1-17-3-2-4-19(15-17)23(30)27-21-9-10-22(26-16-21)28-11-13-29(14-12-28)24(31)18-5-7-20(25)8-6-18/h2-10,15-16H,11-14H2,1H3,(H,27,30). The quantitative estimate of drug-likeness (QED) is 0.701. The van der Waals surface area contributed by atoms with Gasteiger partial charge in [-0.05, 0) is 55.5 Å². The highest BCUT2D eigenvalue weighted by atomic mass is 19.1. The summed E-state index contributed by atoms with van der Waals surface area (Å²) in [4.78, 5) is 33.3.